The van der Waals surface area contributed by atoms with E-state index in [1.807, 2.05) is 0 Å². The summed E-state index contributed by atoms with van der Waals surface area (Å²) in [5.41, 5.74) is 0.539. The highest BCUT2D eigenvalue weighted by Crippen LogP contribution is 2.15. The van der Waals surface area contributed by atoms with E-state index in [1.54, 1.807) is 22.8 Å². The minimum absolute atomic E-state index is 0.0169. The van der Waals surface area contributed by atoms with Gasteiger partial charge in [-0.05, 0) is 25.8 Å². The van der Waals surface area contributed by atoms with Crippen molar-refractivity contribution in [1.82, 2.24) is 19.4 Å². The molecule has 27 heavy (non-hydrogen) atoms. The van der Waals surface area contributed by atoms with Crippen LogP contribution in [-0.4, -0.2) is 85.5 Å². The number of likely N-dealkylation sites (tertiary alicyclic amines) is 1. The number of furan rings is 1. The molecule has 1 aromatic rings. The van der Waals surface area contributed by atoms with Crippen molar-refractivity contribution in [3.8, 4) is 0 Å². The first-order valence-electron chi connectivity index (χ1n) is 9.25. The highest BCUT2D eigenvalue weighted by atomic mass is 32.2. The largest absolute Gasteiger partial charge is 0.472 e. The number of carbonyl (C=O) groups is 2. The van der Waals surface area contributed by atoms with Gasteiger partial charge < -0.3 is 19.5 Å². The Labute approximate surface area is 159 Å². The molecule has 2 aliphatic rings. The average Bonchev–Trinajstić information content (AvgIpc) is 3.23. The van der Waals surface area contributed by atoms with E-state index in [9.17, 15) is 18.0 Å². The zero-order valence-corrected chi connectivity index (χ0v) is 16.3. The SMILES string of the molecule is CCS(=O)(=O)N1CCN(C(=O)NC2CCN(C(=O)c3ccoc3)CC2)CC1. The second-order valence-corrected chi connectivity index (χ2v) is 9.07. The molecule has 0 aromatic carbocycles. The average molecular weight is 398 g/mol. The van der Waals surface area contributed by atoms with Crippen molar-refractivity contribution in [3.63, 3.8) is 0 Å². The van der Waals surface area contributed by atoms with Crippen LogP contribution in [0, 0.1) is 0 Å². The summed E-state index contributed by atoms with van der Waals surface area (Å²) in [6.45, 7) is 4.24. The molecular formula is C17H26N4O5S. The molecular weight excluding hydrogens is 372 g/mol. The Hall–Kier alpha value is -2.07. The molecule has 10 heteroatoms. The van der Waals surface area contributed by atoms with Gasteiger partial charge >= 0.3 is 6.03 Å². The first kappa shape index (κ1) is 19.7. The van der Waals surface area contributed by atoms with Crippen LogP contribution in [0.3, 0.4) is 0 Å². The highest BCUT2D eigenvalue weighted by molar-refractivity contribution is 7.89. The van der Waals surface area contributed by atoms with Crippen molar-refractivity contribution in [1.29, 1.82) is 0 Å². The Balaban J connectivity index is 1.43. The molecule has 0 bridgehead atoms. The van der Waals surface area contributed by atoms with Gasteiger partial charge in [0.25, 0.3) is 5.91 Å². The molecule has 150 valence electrons. The third-order valence-electron chi connectivity index (χ3n) is 5.16. The van der Waals surface area contributed by atoms with E-state index in [-0.39, 0.29) is 23.7 Å². The summed E-state index contributed by atoms with van der Waals surface area (Å²) in [5, 5.41) is 3.01. The summed E-state index contributed by atoms with van der Waals surface area (Å²) in [4.78, 5) is 28.2. The van der Waals surface area contributed by atoms with Gasteiger partial charge in [-0.2, -0.15) is 4.31 Å². The van der Waals surface area contributed by atoms with Crippen LogP contribution in [0.1, 0.15) is 30.1 Å². The lowest BCUT2D eigenvalue weighted by molar-refractivity contribution is 0.0704. The predicted molar refractivity (Wildman–Crippen MR) is 98.8 cm³/mol. The third-order valence-corrected chi connectivity index (χ3v) is 7.04. The summed E-state index contributed by atoms with van der Waals surface area (Å²) >= 11 is 0. The summed E-state index contributed by atoms with van der Waals surface area (Å²) in [5.74, 6) is 0.0248. The number of piperidine rings is 1. The number of sulfonamides is 1. The molecule has 0 atom stereocenters. The second kappa shape index (κ2) is 8.30. The maximum absolute atomic E-state index is 12.4. The lowest BCUT2D eigenvalue weighted by Gasteiger charge is -2.36. The number of rotatable bonds is 4. The summed E-state index contributed by atoms with van der Waals surface area (Å²) in [7, 11) is -3.20. The Morgan fingerprint density at radius 1 is 1.11 bits per heavy atom. The van der Waals surface area contributed by atoms with Crippen LogP contribution in [0.15, 0.2) is 23.0 Å². The molecule has 3 heterocycles. The molecule has 0 spiro atoms. The van der Waals surface area contributed by atoms with Gasteiger partial charge in [-0.25, -0.2) is 13.2 Å². The number of nitrogens with zero attached hydrogens (tertiary/aromatic N) is 3. The molecule has 3 amide bonds. The third kappa shape index (κ3) is 4.62. The lowest BCUT2D eigenvalue weighted by atomic mass is 10.0. The number of hydrogen-bond acceptors (Lipinski definition) is 5. The van der Waals surface area contributed by atoms with Crippen molar-refractivity contribution in [2.45, 2.75) is 25.8 Å². The molecule has 3 rings (SSSR count). The van der Waals surface area contributed by atoms with Crippen LogP contribution in [-0.2, 0) is 10.0 Å². The van der Waals surface area contributed by atoms with Gasteiger partial charge in [0.15, 0.2) is 0 Å². The Bertz CT molecular complexity index is 748. The summed E-state index contributed by atoms with van der Waals surface area (Å²) < 4.78 is 30.2. The molecule has 0 unspecified atom stereocenters. The van der Waals surface area contributed by atoms with E-state index in [4.69, 9.17) is 4.42 Å². The number of urea groups is 1. The zero-order valence-electron chi connectivity index (χ0n) is 15.5. The van der Waals surface area contributed by atoms with Gasteiger partial charge in [0.05, 0.1) is 17.6 Å². The molecule has 2 fully saturated rings. The minimum atomic E-state index is -3.20. The smallest absolute Gasteiger partial charge is 0.317 e. The van der Waals surface area contributed by atoms with E-state index in [2.05, 4.69) is 5.32 Å². The minimum Gasteiger partial charge on any atom is -0.472 e. The number of amides is 3. The molecule has 1 aromatic heterocycles. The van der Waals surface area contributed by atoms with E-state index in [0.717, 1.165) is 0 Å². The molecule has 9 nitrogen and oxygen atoms in total. The fraction of sp³-hybridized carbons (Fsp3) is 0.647. The number of piperazine rings is 1. The normalized spacial score (nSPS) is 19.9. The topological polar surface area (TPSA) is 103 Å². The molecule has 0 aliphatic carbocycles. The Morgan fingerprint density at radius 2 is 1.78 bits per heavy atom. The first-order chi connectivity index (χ1) is 12.9. The number of carbonyl (C=O) groups excluding carboxylic acids is 2. The van der Waals surface area contributed by atoms with Crippen LogP contribution in [0.5, 0.6) is 0 Å². The van der Waals surface area contributed by atoms with Crippen LogP contribution < -0.4 is 5.32 Å². The van der Waals surface area contributed by atoms with Crippen molar-refractivity contribution in [2.75, 3.05) is 45.0 Å². The summed E-state index contributed by atoms with van der Waals surface area (Å²) in [6, 6.07) is 1.50. The van der Waals surface area contributed by atoms with E-state index in [0.29, 0.717) is 57.7 Å². The number of hydrogen-bond donors (Lipinski definition) is 1. The van der Waals surface area contributed by atoms with Gasteiger partial charge in [-0.15, -0.1) is 0 Å². The van der Waals surface area contributed by atoms with Crippen LogP contribution in [0.2, 0.25) is 0 Å². The van der Waals surface area contributed by atoms with E-state index in [1.165, 1.54) is 16.8 Å². The fourth-order valence-electron chi connectivity index (χ4n) is 3.41. The maximum Gasteiger partial charge on any atom is 0.317 e. The number of nitrogens with one attached hydrogen (secondary N) is 1. The van der Waals surface area contributed by atoms with Crippen molar-refractivity contribution < 1.29 is 22.4 Å². The summed E-state index contributed by atoms with van der Waals surface area (Å²) in [6.07, 6.45) is 4.30. The van der Waals surface area contributed by atoms with Crippen LogP contribution in [0.4, 0.5) is 4.79 Å². The molecule has 0 radical (unpaired) electrons. The van der Waals surface area contributed by atoms with Gasteiger partial charge in [-0.1, -0.05) is 0 Å². The Morgan fingerprint density at radius 3 is 2.33 bits per heavy atom. The van der Waals surface area contributed by atoms with Crippen LogP contribution in [0.25, 0.3) is 0 Å². The quantitative estimate of drug-likeness (QED) is 0.798. The van der Waals surface area contributed by atoms with Gasteiger partial charge in [0.1, 0.15) is 6.26 Å². The first-order valence-corrected chi connectivity index (χ1v) is 10.9. The van der Waals surface area contributed by atoms with Crippen molar-refractivity contribution in [2.24, 2.45) is 0 Å². The zero-order chi connectivity index (χ0) is 19.4. The van der Waals surface area contributed by atoms with Gasteiger partial charge in [-0.3, -0.25) is 4.79 Å². The molecule has 2 aliphatic heterocycles. The predicted octanol–water partition coefficient (Wildman–Crippen LogP) is 0.561. The van der Waals surface area contributed by atoms with E-state index < -0.39 is 10.0 Å². The van der Waals surface area contributed by atoms with Crippen molar-refractivity contribution in [3.05, 3.63) is 24.2 Å². The standard InChI is InChI=1S/C17H26N4O5S/c1-2-27(24,25)21-10-8-20(9-11-21)17(23)18-15-3-6-19(7-4-15)16(22)14-5-12-26-13-14/h5,12-13,15H,2-4,6-11H2,1H3,(H,18,23). The van der Waals surface area contributed by atoms with Crippen molar-refractivity contribution >= 4 is 22.0 Å². The molecule has 0 saturated carbocycles. The molecule has 1 N–H and O–H groups in total. The highest BCUT2D eigenvalue weighted by Gasteiger charge is 2.30. The monoisotopic (exact) mass is 398 g/mol. The van der Waals surface area contributed by atoms with Crippen LogP contribution >= 0.6 is 0 Å². The lowest BCUT2D eigenvalue weighted by Crippen LogP contribution is -2.56. The fourth-order valence-corrected chi connectivity index (χ4v) is 4.50. The Kier molecular flexibility index (Phi) is 6.05. The molecule has 2 saturated heterocycles. The van der Waals surface area contributed by atoms with Gasteiger partial charge in [0, 0.05) is 45.3 Å². The van der Waals surface area contributed by atoms with E-state index >= 15 is 0 Å². The van der Waals surface area contributed by atoms with Gasteiger partial charge in [0.2, 0.25) is 10.0 Å². The maximum atomic E-state index is 12.4. The second-order valence-electron chi connectivity index (χ2n) is 6.81.